The van der Waals surface area contributed by atoms with E-state index in [4.69, 9.17) is 4.74 Å². The highest BCUT2D eigenvalue weighted by Gasteiger charge is 2.44. The third kappa shape index (κ3) is 10.1. The minimum atomic E-state index is -0.894. The Kier molecular flexibility index (Phi) is 11.5. The van der Waals surface area contributed by atoms with E-state index in [9.17, 15) is 24.3 Å². The molecule has 1 aromatic heterocycles. The number of nitrogens with one attached hydrogen (secondary N) is 2. The van der Waals surface area contributed by atoms with Gasteiger partial charge in [0.05, 0.1) is 22.2 Å². The molecule has 236 valence electrons. The fourth-order valence-electron chi connectivity index (χ4n) is 4.96. The number of aliphatic hydroxyl groups excluding tert-OH is 1. The van der Waals surface area contributed by atoms with Gasteiger partial charge in [-0.15, -0.1) is 11.3 Å². The Morgan fingerprint density at radius 1 is 1.07 bits per heavy atom. The largest absolute Gasteiger partial charge is 0.460 e. The minimum absolute atomic E-state index is 0.0121. The highest BCUT2D eigenvalue weighted by atomic mass is 32.1. The molecule has 0 spiro atoms. The molecule has 1 aliphatic rings. The Morgan fingerprint density at radius 3 is 2.30 bits per heavy atom. The quantitative estimate of drug-likeness (QED) is 0.256. The van der Waals surface area contributed by atoms with E-state index in [0.717, 1.165) is 21.7 Å². The molecule has 3 rings (SSSR count). The number of rotatable bonds is 11. The first-order chi connectivity index (χ1) is 20.0. The van der Waals surface area contributed by atoms with Crippen LogP contribution in [0.5, 0.6) is 0 Å². The van der Waals surface area contributed by atoms with Crippen molar-refractivity contribution in [2.75, 3.05) is 6.54 Å². The monoisotopic (exact) mass is 614 g/mol. The van der Waals surface area contributed by atoms with Crippen LogP contribution in [0.3, 0.4) is 0 Å². The third-order valence-electron chi connectivity index (χ3n) is 7.17. The van der Waals surface area contributed by atoms with Crippen LogP contribution in [0.25, 0.3) is 10.4 Å². The molecule has 43 heavy (non-hydrogen) atoms. The zero-order valence-electron chi connectivity index (χ0n) is 26.4. The lowest BCUT2D eigenvalue weighted by molar-refractivity contribution is -0.155. The van der Waals surface area contributed by atoms with Crippen LogP contribution < -0.4 is 10.6 Å². The van der Waals surface area contributed by atoms with Gasteiger partial charge in [0.1, 0.15) is 17.7 Å². The predicted molar refractivity (Wildman–Crippen MR) is 166 cm³/mol. The van der Waals surface area contributed by atoms with E-state index < -0.39 is 35.1 Å². The Hall–Kier alpha value is -3.31. The summed E-state index contributed by atoms with van der Waals surface area (Å²) in [7, 11) is 0. The van der Waals surface area contributed by atoms with Gasteiger partial charge in [-0.25, -0.2) is 4.98 Å². The summed E-state index contributed by atoms with van der Waals surface area (Å²) in [4.78, 5) is 58.5. The van der Waals surface area contributed by atoms with Crippen molar-refractivity contribution >= 4 is 35.0 Å². The van der Waals surface area contributed by atoms with Gasteiger partial charge in [-0.05, 0) is 57.1 Å². The number of benzene rings is 1. The maximum Gasteiger partial charge on any atom is 0.306 e. The molecule has 1 saturated heterocycles. The van der Waals surface area contributed by atoms with Gasteiger partial charge < -0.3 is 25.4 Å². The fourth-order valence-corrected chi connectivity index (χ4v) is 5.77. The van der Waals surface area contributed by atoms with Crippen molar-refractivity contribution < 1.29 is 29.0 Å². The molecule has 2 aromatic rings. The summed E-state index contributed by atoms with van der Waals surface area (Å²) in [6.45, 7) is 13.2. The highest BCUT2D eigenvalue weighted by Crippen LogP contribution is 2.28. The topological polar surface area (TPSA) is 138 Å². The van der Waals surface area contributed by atoms with E-state index in [1.54, 1.807) is 32.1 Å². The summed E-state index contributed by atoms with van der Waals surface area (Å²) >= 11 is 1.58. The van der Waals surface area contributed by atoms with Crippen molar-refractivity contribution in [1.29, 1.82) is 0 Å². The molecule has 2 heterocycles. The second-order valence-corrected chi connectivity index (χ2v) is 14.1. The number of ether oxygens (including phenoxy) is 1. The number of thiazole rings is 1. The van der Waals surface area contributed by atoms with Crippen LogP contribution in [-0.4, -0.2) is 69.0 Å². The van der Waals surface area contributed by atoms with Gasteiger partial charge in [-0.2, -0.15) is 0 Å². The Labute approximate surface area is 258 Å². The molecule has 3 atom stereocenters. The third-order valence-corrected chi connectivity index (χ3v) is 8.14. The molecular weight excluding hydrogens is 568 g/mol. The number of aryl methyl sites for hydroxylation is 1. The number of carbonyl (C=O) groups excluding carboxylic acids is 4. The summed E-state index contributed by atoms with van der Waals surface area (Å²) in [5, 5.41) is 16.2. The van der Waals surface area contributed by atoms with Gasteiger partial charge in [0.15, 0.2) is 0 Å². The summed E-state index contributed by atoms with van der Waals surface area (Å²) in [6, 6.07) is 6.13. The van der Waals surface area contributed by atoms with Gasteiger partial charge in [-0.1, -0.05) is 45.0 Å². The Morgan fingerprint density at radius 2 is 1.72 bits per heavy atom. The molecule has 1 aliphatic heterocycles. The maximum atomic E-state index is 13.7. The molecule has 3 N–H and O–H groups in total. The lowest BCUT2D eigenvalue weighted by Crippen LogP contribution is -2.57. The highest BCUT2D eigenvalue weighted by molar-refractivity contribution is 7.13. The zero-order chi connectivity index (χ0) is 31.9. The molecule has 11 heteroatoms. The number of aromatic nitrogens is 1. The number of amides is 3. The average Bonchev–Trinajstić information content (AvgIpc) is 3.52. The van der Waals surface area contributed by atoms with Crippen molar-refractivity contribution in [2.45, 2.75) is 111 Å². The first-order valence-electron chi connectivity index (χ1n) is 14.8. The maximum absolute atomic E-state index is 13.7. The van der Waals surface area contributed by atoms with Gasteiger partial charge >= 0.3 is 5.97 Å². The summed E-state index contributed by atoms with van der Waals surface area (Å²) in [5.41, 5.74) is 3.55. The second-order valence-electron chi connectivity index (χ2n) is 13.2. The van der Waals surface area contributed by atoms with Crippen LogP contribution in [0.2, 0.25) is 0 Å². The number of aliphatic hydroxyl groups is 1. The summed E-state index contributed by atoms with van der Waals surface area (Å²) in [6.07, 6.45) is 0.599. The first kappa shape index (κ1) is 34.2. The molecule has 0 radical (unpaired) electrons. The lowest BCUT2D eigenvalue weighted by atomic mass is 9.85. The van der Waals surface area contributed by atoms with Gasteiger partial charge in [0, 0.05) is 32.4 Å². The van der Waals surface area contributed by atoms with Crippen LogP contribution in [0.1, 0.15) is 84.9 Å². The standard InChI is InChI=1S/C32H46N4O6S/c1-20-27(43-19-34-20)22-14-12-21(13-15-22)17-33-29(40)24-16-23(37)18-36(24)30(41)28(31(2,3)4)35-25(38)10-8-9-11-26(39)42-32(5,6)7/h12-15,19,23-24,28,37H,8-11,16-18H2,1-7H3,(H,33,40)(H,35,38)/t23-,24+,28-/m1/s1. The normalized spacial score (nSPS) is 17.8. The molecule has 3 amide bonds. The molecule has 0 aliphatic carbocycles. The van der Waals surface area contributed by atoms with Crippen molar-refractivity contribution in [3.05, 3.63) is 41.0 Å². The van der Waals surface area contributed by atoms with Crippen LogP contribution in [0.4, 0.5) is 0 Å². The van der Waals surface area contributed by atoms with Gasteiger partial charge in [0.25, 0.3) is 0 Å². The van der Waals surface area contributed by atoms with E-state index in [0.29, 0.717) is 12.8 Å². The summed E-state index contributed by atoms with van der Waals surface area (Å²) in [5.74, 6) is -1.38. The fraction of sp³-hybridized carbons (Fsp3) is 0.594. The van der Waals surface area contributed by atoms with E-state index in [1.165, 1.54) is 4.90 Å². The van der Waals surface area contributed by atoms with Crippen LogP contribution in [-0.2, 0) is 30.5 Å². The molecule has 0 bridgehead atoms. The first-order valence-corrected chi connectivity index (χ1v) is 15.7. The second kappa shape index (κ2) is 14.4. The van der Waals surface area contributed by atoms with E-state index >= 15 is 0 Å². The zero-order valence-corrected chi connectivity index (χ0v) is 27.2. The number of carbonyl (C=O) groups is 4. The van der Waals surface area contributed by atoms with E-state index in [2.05, 4.69) is 15.6 Å². The number of esters is 1. The predicted octanol–water partition coefficient (Wildman–Crippen LogP) is 4.13. The molecule has 10 nitrogen and oxygen atoms in total. The number of hydrogen-bond donors (Lipinski definition) is 3. The molecular formula is C32H46N4O6S. The van der Waals surface area contributed by atoms with Crippen LogP contribution in [0.15, 0.2) is 29.8 Å². The van der Waals surface area contributed by atoms with Crippen molar-refractivity contribution in [1.82, 2.24) is 20.5 Å². The van der Waals surface area contributed by atoms with Crippen molar-refractivity contribution in [3.8, 4) is 10.4 Å². The number of unbranched alkanes of at least 4 members (excludes halogenated alkanes) is 1. The SMILES string of the molecule is Cc1ncsc1-c1ccc(CNC(=O)[C@@H]2C[C@@H](O)CN2C(=O)[C@@H](NC(=O)CCCCC(=O)OC(C)(C)C)C(C)(C)C)cc1. The average molecular weight is 615 g/mol. The van der Waals surface area contributed by atoms with Gasteiger partial charge in [-0.3, -0.25) is 19.2 Å². The van der Waals surface area contributed by atoms with Gasteiger partial charge in [0.2, 0.25) is 17.7 Å². The number of β-amino-alcohol motifs (C(OH)–C–C–N with tert-alkyl or cyclic N) is 1. The molecule has 0 unspecified atom stereocenters. The minimum Gasteiger partial charge on any atom is -0.460 e. The Balaban J connectivity index is 1.57. The van der Waals surface area contributed by atoms with E-state index in [1.807, 2.05) is 57.5 Å². The number of likely N-dealkylation sites (tertiary alicyclic amines) is 1. The van der Waals surface area contributed by atoms with Crippen molar-refractivity contribution in [3.63, 3.8) is 0 Å². The summed E-state index contributed by atoms with van der Waals surface area (Å²) < 4.78 is 5.30. The Bertz CT molecular complexity index is 1280. The molecule has 1 aromatic carbocycles. The number of hydrogen-bond acceptors (Lipinski definition) is 8. The molecule has 1 fully saturated rings. The van der Waals surface area contributed by atoms with E-state index in [-0.39, 0.29) is 50.1 Å². The molecule has 0 saturated carbocycles. The number of nitrogens with zero attached hydrogens (tertiary/aromatic N) is 2. The van der Waals surface area contributed by atoms with Crippen LogP contribution in [0, 0.1) is 12.3 Å². The van der Waals surface area contributed by atoms with Crippen molar-refractivity contribution in [2.24, 2.45) is 5.41 Å². The smallest absolute Gasteiger partial charge is 0.306 e. The lowest BCUT2D eigenvalue weighted by Gasteiger charge is -2.35. The van der Waals surface area contributed by atoms with Crippen LogP contribution >= 0.6 is 11.3 Å².